The van der Waals surface area contributed by atoms with E-state index in [1.54, 1.807) is 4.57 Å². The highest BCUT2D eigenvalue weighted by atomic mass is 16.5. The number of rotatable bonds is 4. The summed E-state index contributed by atoms with van der Waals surface area (Å²) in [5, 5.41) is 3.93. The second kappa shape index (κ2) is 6.00. The van der Waals surface area contributed by atoms with Crippen LogP contribution in [0.15, 0.2) is 44.4 Å². The number of likely N-dealkylation sites (tertiary alicyclic amines) is 1. The standard InChI is InChI=1S/C16H18N4O3/c21-16-20(13-3-1-2-4-14(13)23-16)10-9-19-7-5-12(6-8-19)15-17-11-22-18-15/h1-4,11-12H,5-10H2. The van der Waals surface area contributed by atoms with Crippen molar-refractivity contribution in [3.05, 3.63) is 47.0 Å². The van der Waals surface area contributed by atoms with E-state index in [1.165, 1.54) is 6.39 Å². The number of para-hydroxylation sites is 2. The highest BCUT2D eigenvalue weighted by molar-refractivity contribution is 5.72. The summed E-state index contributed by atoms with van der Waals surface area (Å²) in [6, 6.07) is 7.54. The zero-order chi connectivity index (χ0) is 15.6. The van der Waals surface area contributed by atoms with E-state index in [9.17, 15) is 4.79 Å². The van der Waals surface area contributed by atoms with Crippen LogP contribution in [0.2, 0.25) is 0 Å². The van der Waals surface area contributed by atoms with Crippen molar-refractivity contribution < 1.29 is 8.94 Å². The van der Waals surface area contributed by atoms with Crippen molar-refractivity contribution in [2.24, 2.45) is 0 Å². The summed E-state index contributed by atoms with van der Waals surface area (Å²) in [5.74, 6) is 0.900. The number of aromatic nitrogens is 3. The van der Waals surface area contributed by atoms with E-state index in [-0.39, 0.29) is 5.76 Å². The predicted molar refractivity (Wildman–Crippen MR) is 83.2 cm³/mol. The highest BCUT2D eigenvalue weighted by Gasteiger charge is 2.23. The third-order valence-corrected chi connectivity index (χ3v) is 4.54. The average molecular weight is 314 g/mol. The van der Waals surface area contributed by atoms with E-state index in [0.29, 0.717) is 18.0 Å². The number of fused-ring (bicyclic) bond motifs is 1. The predicted octanol–water partition coefficient (Wildman–Crippen LogP) is 1.86. The minimum atomic E-state index is -0.284. The molecule has 0 aliphatic carbocycles. The zero-order valence-corrected chi connectivity index (χ0v) is 12.7. The van der Waals surface area contributed by atoms with Gasteiger partial charge in [0.2, 0.25) is 6.39 Å². The Labute approximate surface area is 132 Å². The summed E-state index contributed by atoms with van der Waals surface area (Å²) in [7, 11) is 0. The fourth-order valence-electron chi connectivity index (χ4n) is 3.24. The van der Waals surface area contributed by atoms with Crippen LogP contribution in [-0.4, -0.2) is 39.2 Å². The first-order valence-corrected chi connectivity index (χ1v) is 7.88. The van der Waals surface area contributed by atoms with E-state index in [2.05, 4.69) is 15.0 Å². The Hall–Kier alpha value is -2.41. The van der Waals surface area contributed by atoms with Crippen LogP contribution in [0.4, 0.5) is 0 Å². The number of oxazole rings is 1. The van der Waals surface area contributed by atoms with Gasteiger partial charge in [-0.3, -0.25) is 4.57 Å². The van der Waals surface area contributed by atoms with Crippen molar-refractivity contribution in [1.29, 1.82) is 0 Å². The van der Waals surface area contributed by atoms with Crippen LogP contribution >= 0.6 is 0 Å². The van der Waals surface area contributed by atoms with Crippen molar-refractivity contribution >= 4 is 11.1 Å². The fourth-order valence-corrected chi connectivity index (χ4v) is 3.24. The highest BCUT2D eigenvalue weighted by Crippen LogP contribution is 2.25. The molecule has 0 atom stereocenters. The molecular weight excluding hydrogens is 296 g/mol. The molecular formula is C16H18N4O3. The molecule has 0 saturated carbocycles. The van der Waals surface area contributed by atoms with E-state index in [1.807, 2.05) is 24.3 Å². The summed E-state index contributed by atoms with van der Waals surface area (Å²) in [5.41, 5.74) is 1.51. The van der Waals surface area contributed by atoms with Gasteiger partial charge in [-0.2, -0.15) is 4.98 Å². The zero-order valence-electron chi connectivity index (χ0n) is 12.7. The lowest BCUT2D eigenvalue weighted by Crippen LogP contribution is -2.36. The molecule has 3 heterocycles. The van der Waals surface area contributed by atoms with Gasteiger partial charge in [-0.05, 0) is 38.1 Å². The number of nitrogens with zero attached hydrogens (tertiary/aromatic N) is 4. The summed E-state index contributed by atoms with van der Waals surface area (Å²) in [4.78, 5) is 18.5. The first-order chi connectivity index (χ1) is 11.3. The van der Waals surface area contributed by atoms with Crippen molar-refractivity contribution in [3.8, 4) is 0 Å². The Morgan fingerprint density at radius 2 is 2.00 bits per heavy atom. The van der Waals surface area contributed by atoms with Gasteiger partial charge in [-0.25, -0.2) is 4.79 Å². The van der Waals surface area contributed by atoms with Crippen molar-refractivity contribution in [1.82, 2.24) is 19.6 Å². The second-order valence-electron chi connectivity index (χ2n) is 5.89. The van der Waals surface area contributed by atoms with Crippen LogP contribution < -0.4 is 5.76 Å². The molecule has 0 radical (unpaired) electrons. The first kappa shape index (κ1) is 14.2. The maximum atomic E-state index is 12.0. The van der Waals surface area contributed by atoms with Crippen molar-refractivity contribution in [2.45, 2.75) is 25.3 Å². The lowest BCUT2D eigenvalue weighted by molar-refractivity contribution is 0.200. The third kappa shape index (κ3) is 2.79. The molecule has 0 amide bonds. The minimum Gasteiger partial charge on any atom is -0.408 e. The molecule has 0 N–H and O–H groups in total. The van der Waals surface area contributed by atoms with Crippen molar-refractivity contribution in [3.63, 3.8) is 0 Å². The maximum Gasteiger partial charge on any atom is 0.419 e. The summed E-state index contributed by atoms with van der Waals surface area (Å²) < 4.78 is 11.8. The lowest BCUT2D eigenvalue weighted by Gasteiger charge is -2.30. The van der Waals surface area contributed by atoms with Gasteiger partial charge in [0.15, 0.2) is 11.4 Å². The second-order valence-corrected chi connectivity index (χ2v) is 5.89. The molecule has 4 rings (SSSR count). The number of hydrogen-bond acceptors (Lipinski definition) is 6. The lowest BCUT2D eigenvalue weighted by atomic mass is 9.96. The SMILES string of the molecule is O=c1oc2ccccc2n1CCN1CCC(c2ncon2)CC1. The van der Waals surface area contributed by atoms with E-state index >= 15 is 0 Å². The van der Waals surface area contributed by atoms with Gasteiger partial charge >= 0.3 is 5.76 Å². The fraction of sp³-hybridized carbons (Fsp3) is 0.438. The number of benzene rings is 1. The van der Waals surface area contributed by atoms with Gasteiger partial charge < -0.3 is 13.8 Å². The first-order valence-electron chi connectivity index (χ1n) is 7.88. The molecule has 23 heavy (non-hydrogen) atoms. The smallest absolute Gasteiger partial charge is 0.408 e. The van der Waals surface area contributed by atoms with E-state index < -0.39 is 0 Å². The van der Waals surface area contributed by atoms with Gasteiger partial charge in [-0.1, -0.05) is 17.3 Å². The third-order valence-electron chi connectivity index (χ3n) is 4.54. The molecule has 7 nitrogen and oxygen atoms in total. The average Bonchev–Trinajstić information content (AvgIpc) is 3.21. The van der Waals surface area contributed by atoms with Gasteiger partial charge in [0.25, 0.3) is 0 Å². The Kier molecular flexibility index (Phi) is 3.70. The molecule has 1 aromatic carbocycles. The molecule has 1 fully saturated rings. The van der Waals surface area contributed by atoms with Crippen LogP contribution in [0.25, 0.3) is 11.1 Å². The maximum absolute atomic E-state index is 12.0. The van der Waals surface area contributed by atoms with Gasteiger partial charge in [0.1, 0.15) is 0 Å². The largest absolute Gasteiger partial charge is 0.419 e. The van der Waals surface area contributed by atoms with E-state index in [4.69, 9.17) is 8.94 Å². The molecule has 1 aliphatic heterocycles. The van der Waals surface area contributed by atoms with Crippen LogP contribution in [-0.2, 0) is 6.54 Å². The molecule has 120 valence electrons. The van der Waals surface area contributed by atoms with Crippen LogP contribution in [0.5, 0.6) is 0 Å². The molecule has 0 spiro atoms. The quantitative estimate of drug-likeness (QED) is 0.731. The Balaban J connectivity index is 1.38. The molecule has 2 aromatic heterocycles. The van der Waals surface area contributed by atoms with Crippen LogP contribution in [0, 0.1) is 0 Å². The normalized spacial score (nSPS) is 17.0. The molecule has 1 saturated heterocycles. The van der Waals surface area contributed by atoms with Crippen LogP contribution in [0.3, 0.4) is 0 Å². The topological polar surface area (TPSA) is 77.3 Å². The molecule has 1 aliphatic rings. The molecule has 3 aromatic rings. The van der Waals surface area contributed by atoms with Crippen LogP contribution in [0.1, 0.15) is 24.6 Å². The Morgan fingerprint density at radius 3 is 2.78 bits per heavy atom. The molecule has 0 bridgehead atoms. The Bertz CT molecular complexity index is 829. The minimum absolute atomic E-state index is 0.284. The molecule has 7 heteroatoms. The van der Waals surface area contributed by atoms with Gasteiger partial charge in [-0.15, -0.1) is 0 Å². The molecule has 0 unspecified atom stereocenters. The monoisotopic (exact) mass is 314 g/mol. The van der Waals surface area contributed by atoms with E-state index in [0.717, 1.165) is 43.8 Å². The summed E-state index contributed by atoms with van der Waals surface area (Å²) >= 11 is 0. The van der Waals surface area contributed by atoms with Gasteiger partial charge in [0, 0.05) is 19.0 Å². The number of hydrogen-bond donors (Lipinski definition) is 0. The van der Waals surface area contributed by atoms with Crippen molar-refractivity contribution in [2.75, 3.05) is 19.6 Å². The summed E-state index contributed by atoms with van der Waals surface area (Å²) in [6.07, 6.45) is 3.42. The Morgan fingerprint density at radius 1 is 1.17 bits per heavy atom. The number of piperidine rings is 1. The van der Waals surface area contributed by atoms with Gasteiger partial charge in [0.05, 0.1) is 5.52 Å². The summed E-state index contributed by atoms with van der Waals surface area (Å²) in [6.45, 7) is 3.43.